The third-order valence-corrected chi connectivity index (χ3v) is 3.25. The quantitative estimate of drug-likeness (QED) is 0.589. The van der Waals surface area contributed by atoms with E-state index in [1.165, 1.54) is 0 Å². The van der Waals surface area contributed by atoms with Crippen LogP contribution in [0.4, 0.5) is 0 Å². The number of aryl methyl sites for hydroxylation is 1. The Kier molecular flexibility index (Phi) is 6.87. The normalized spacial score (nSPS) is 12.8. The Labute approximate surface area is 146 Å². The first-order valence-corrected chi connectivity index (χ1v) is 8.18. The van der Waals surface area contributed by atoms with Gasteiger partial charge in [-0.15, -0.1) is 0 Å². The molecule has 1 aromatic carbocycles. The fraction of sp³-hybridized carbons (Fsp3) is 0.438. The summed E-state index contributed by atoms with van der Waals surface area (Å²) >= 11 is 5.86. The van der Waals surface area contributed by atoms with Crippen molar-refractivity contribution in [2.45, 2.75) is 33.4 Å². The van der Waals surface area contributed by atoms with Gasteiger partial charge in [-0.3, -0.25) is 0 Å². The summed E-state index contributed by atoms with van der Waals surface area (Å²) < 4.78 is 10.7. The molecule has 1 heterocycles. The van der Waals surface area contributed by atoms with E-state index in [1.807, 2.05) is 26.0 Å². The van der Waals surface area contributed by atoms with Crippen molar-refractivity contribution >= 4 is 17.6 Å². The second-order valence-electron chi connectivity index (χ2n) is 5.19. The molecule has 0 saturated carbocycles. The van der Waals surface area contributed by atoms with Gasteiger partial charge < -0.3 is 19.9 Å². The van der Waals surface area contributed by atoms with Gasteiger partial charge in [-0.25, -0.2) is 4.99 Å². The number of hydrogen-bond acceptors (Lipinski definition) is 5. The Morgan fingerprint density at radius 1 is 1.33 bits per heavy atom. The molecule has 1 unspecified atom stereocenters. The zero-order valence-electron chi connectivity index (χ0n) is 14.0. The molecule has 0 aliphatic rings. The molecule has 0 amide bonds. The maximum absolute atomic E-state index is 5.86. The maximum atomic E-state index is 5.86. The van der Waals surface area contributed by atoms with E-state index in [0.29, 0.717) is 35.8 Å². The van der Waals surface area contributed by atoms with Gasteiger partial charge in [-0.1, -0.05) is 16.8 Å². The second kappa shape index (κ2) is 9.12. The predicted octanol–water partition coefficient (Wildman–Crippen LogP) is 2.55. The third-order valence-electron chi connectivity index (χ3n) is 3.00. The zero-order chi connectivity index (χ0) is 17.4. The van der Waals surface area contributed by atoms with Crippen LogP contribution in [0.2, 0.25) is 5.02 Å². The molecule has 0 saturated heterocycles. The first kappa shape index (κ1) is 18.1. The zero-order valence-corrected chi connectivity index (χ0v) is 14.8. The summed E-state index contributed by atoms with van der Waals surface area (Å²) in [5, 5.41) is 10.9. The monoisotopic (exact) mass is 351 g/mol. The van der Waals surface area contributed by atoms with Crippen molar-refractivity contribution in [3.8, 4) is 5.75 Å². The first-order valence-electron chi connectivity index (χ1n) is 7.80. The van der Waals surface area contributed by atoms with Crippen LogP contribution in [0.3, 0.4) is 0 Å². The molecule has 0 radical (unpaired) electrons. The number of nitrogens with one attached hydrogen (secondary N) is 2. The van der Waals surface area contributed by atoms with Crippen molar-refractivity contribution in [3.05, 3.63) is 41.0 Å². The van der Waals surface area contributed by atoms with E-state index < -0.39 is 0 Å². The fourth-order valence-electron chi connectivity index (χ4n) is 1.92. The average Bonchev–Trinajstić information content (AvgIpc) is 2.98. The van der Waals surface area contributed by atoms with Crippen LogP contribution >= 0.6 is 11.6 Å². The smallest absolute Gasteiger partial charge is 0.223 e. The largest absolute Gasteiger partial charge is 0.489 e. The van der Waals surface area contributed by atoms with Gasteiger partial charge in [0.05, 0.1) is 6.54 Å². The Bertz CT molecular complexity index is 657. The van der Waals surface area contributed by atoms with E-state index >= 15 is 0 Å². The molecular formula is C16H22ClN5O2. The van der Waals surface area contributed by atoms with E-state index in [0.717, 1.165) is 12.3 Å². The fourth-order valence-corrected chi connectivity index (χ4v) is 2.05. The summed E-state index contributed by atoms with van der Waals surface area (Å²) in [6.45, 7) is 7.43. The van der Waals surface area contributed by atoms with E-state index in [2.05, 4.69) is 25.8 Å². The summed E-state index contributed by atoms with van der Waals surface area (Å²) in [5.41, 5.74) is 0. The summed E-state index contributed by atoms with van der Waals surface area (Å²) in [7, 11) is 0. The van der Waals surface area contributed by atoms with Crippen LogP contribution < -0.4 is 15.4 Å². The Morgan fingerprint density at radius 3 is 2.71 bits per heavy atom. The molecule has 1 aromatic heterocycles. The number of aliphatic imine (C=N–C) groups is 1. The van der Waals surface area contributed by atoms with E-state index in [4.69, 9.17) is 20.9 Å². The average molecular weight is 352 g/mol. The number of guanidine groups is 1. The summed E-state index contributed by atoms with van der Waals surface area (Å²) in [4.78, 5) is 8.55. The summed E-state index contributed by atoms with van der Waals surface area (Å²) in [6.07, 6.45) is -0.0394. The lowest BCUT2D eigenvalue weighted by Gasteiger charge is -2.17. The van der Waals surface area contributed by atoms with Crippen molar-refractivity contribution in [1.82, 2.24) is 20.8 Å². The summed E-state index contributed by atoms with van der Waals surface area (Å²) in [6, 6.07) is 7.29. The standard InChI is InChI=1S/C16H22ClN5O2/c1-4-18-16(20-10-15-21-12(3)24-22-15)19-9-11(2)23-14-7-5-13(17)6-8-14/h5-8,11H,4,9-10H2,1-3H3,(H2,18,19,20). The second-order valence-corrected chi connectivity index (χ2v) is 5.62. The number of hydrogen-bond donors (Lipinski definition) is 2. The molecule has 2 rings (SSSR count). The van der Waals surface area contributed by atoms with Gasteiger partial charge in [0.25, 0.3) is 0 Å². The van der Waals surface area contributed by atoms with Crippen LogP contribution in [0, 0.1) is 6.92 Å². The molecule has 2 N–H and O–H groups in total. The molecule has 0 aliphatic heterocycles. The highest BCUT2D eigenvalue weighted by Crippen LogP contribution is 2.16. The van der Waals surface area contributed by atoms with Gasteiger partial charge in [0, 0.05) is 18.5 Å². The van der Waals surface area contributed by atoms with E-state index in [9.17, 15) is 0 Å². The molecule has 2 aromatic rings. The summed E-state index contributed by atoms with van der Waals surface area (Å²) in [5.74, 6) is 2.53. The molecule has 0 bridgehead atoms. The minimum atomic E-state index is -0.0394. The molecule has 130 valence electrons. The third kappa shape index (κ3) is 6.08. The van der Waals surface area contributed by atoms with Crippen molar-refractivity contribution in [1.29, 1.82) is 0 Å². The molecule has 8 heteroatoms. The molecule has 0 aliphatic carbocycles. The van der Waals surface area contributed by atoms with Crippen LogP contribution in [0.1, 0.15) is 25.6 Å². The van der Waals surface area contributed by atoms with E-state index in [-0.39, 0.29) is 6.10 Å². The van der Waals surface area contributed by atoms with Gasteiger partial charge >= 0.3 is 0 Å². The highest BCUT2D eigenvalue weighted by molar-refractivity contribution is 6.30. The van der Waals surface area contributed by atoms with Crippen molar-refractivity contribution in [3.63, 3.8) is 0 Å². The number of halogens is 1. The SMILES string of the molecule is CCNC(=NCc1noc(C)n1)NCC(C)Oc1ccc(Cl)cc1. The van der Waals surface area contributed by atoms with Gasteiger partial charge in [0.15, 0.2) is 11.8 Å². The Hall–Kier alpha value is -2.28. The lowest BCUT2D eigenvalue weighted by atomic mass is 10.3. The predicted molar refractivity (Wildman–Crippen MR) is 93.4 cm³/mol. The van der Waals surface area contributed by atoms with Gasteiger partial charge in [0.2, 0.25) is 5.89 Å². The maximum Gasteiger partial charge on any atom is 0.223 e. The highest BCUT2D eigenvalue weighted by Gasteiger charge is 2.07. The first-order chi connectivity index (χ1) is 11.6. The number of ether oxygens (including phenoxy) is 1. The van der Waals surface area contributed by atoms with Gasteiger partial charge in [-0.2, -0.15) is 4.98 Å². The minimum absolute atomic E-state index is 0.0394. The van der Waals surface area contributed by atoms with Crippen LogP contribution in [0.15, 0.2) is 33.8 Å². The minimum Gasteiger partial charge on any atom is -0.489 e. The number of benzene rings is 1. The van der Waals surface area contributed by atoms with Crippen LogP contribution in [0.5, 0.6) is 5.75 Å². The lowest BCUT2D eigenvalue weighted by Crippen LogP contribution is -2.41. The Morgan fingerprint density at radius 2 is 2.08 bits per heavy atom. The van der Waals surface area contributed by atoms with Crippen LogP contribution in [-0.2, 0) is 6.54 Å². The van der Waals surface area contributed by atoms with Crippen LogP contribution in [-0.4, -0.2) is 35.3 Å². The topological polar surface area (TPSA) is 84.6 Å². The molecule has 0 fully saturated rings. The van der Waals surface area contributed by atoms with Crippen molar-refractivity contribution in [2.24, 2.45) is 4.99 Å². The molecule has 0 spiro atoms. The lowest BCUT2D eigenvalue weighted by molar-refractivity contribution is 0.224. The number of nitrogens with zero attached hydrogens (tertiary/aromatic N) is 3. The van der Waals surface area contributed by atoms with E-state index in [1.54, 1.807) is 19.1 Å². The molecular weight excluding hydrogens is 330 g/mol. The van der Waals surface area contributed by atoms with Gasteiger partial charge in [0.1, 0.15) is 18.4 Å². The number of rotatable bonds is 7. The van der Waals surface area contributed by atoms with Crippen molar-refractivity contribution < 1.29 is 9.26 Å². The number of aromatic nitrogens is 2. The molecule has 7 nitrogen and oxygen atoms in total. The molecule has 1 atom stereocenters. The Balaban J connectivity index is 1.84. The van der Waals surface area contributed by atoms with Crippen molar-refractivity contribution in [2.75, 3.05) is 13.1 Å². The highest BCUT2D eigenvalue weighted by atomic mass is 35.5. The van der Waals surface area contributed by atoms with Gasteiger partial charge in [-0.05, 0) is 38.1 Å². The van der Waals surface area contributed by atoms with Crippen LogP contribution in [0.25, 0.3) is 0 Å². The molecule has 24 heavy (non-hydrogen) atoms.